The van der Waals surface area contributed by atoms with Gasteiger partial charge in [0.25, 0.3) is 0 Å². The van der Waals surface area contributed by atoms with Gasteiger partial charge in [-0.3, -0.25) is 0 Å². The van der Waals surface area contributed by atoms with Crippen LogP contribution in [-0.4, -0.2) is 10.1 Å². The molecule has 0 amide bonds. The van der Waals surface area contributed by atoms with Crippen LogP contribution in [0, 0.1) is 6.92 Å². The molecule has 0 aliphatic carbocycles. The van der Waals surface area contributed by atoms with Crippen molar-refractivity contribution in [1.82, 2.24) is 4.98 Å². The first-order valence-electron chi connectivity index (χ1n) is 6.45. The molecule has 3 heteroatoms. The molecule has 1 N–H and O–H groups in total. The van der Waals surface area contributed by atoms with Crippen LogP contribution in [0.25, 0.3) is 10.9 Å². The molecule has 0 aliphatic heterocycles. The average Bonchev–Trinajstić information content (AvgIpc) is 2.43. The third-order valence-corrected chi connectivity index (χ3v) is 3.62. The van der Waals surface area contributed by atoms with Gasteiger partial charge in [-0.25, -0.2) is 4.98 Å². The minimum atomic E-state index is 0.239. The van der Waals surface area contributed by atoms with E-state index < -0.39 is 0 Å². The van der Waals surface area contributed by atoms with Gasteiger partial charge in [-0.05, 0) is 48.7 Å². The van der Waals surface area contributed by atoms with Crippen molar-refractivity contribution in [1.29, 1.82) is 0 Å². The predicted octanol–water partition coefficient (Wildman–Crippen LogP) is 4.49. The van der Waals surface area contributed by atoms with Crippen LogP contribution in [0.4, 0.5) is 0 Å². The third kappa shape index (κ3) is 2.61. The van der Waals surface area contributed by atoms with Gasteiger partial charge in [-0.1, -0.05) is 35.9 Å². The smallest absolute Gasteiger partial charge is 0.137 e. The molecular formula is C17H14ClNO. The van der Waals surface area contributed by atoms with Crippen molar-refractivity contribution in [2.75, 3.05) is 0 Å². The molecule has 0 radical (unpaired) electrons. The van der Waals surface area contributed by atoms with Crippen LogP contribution < -0.4 is 0 Å². The fourth-order valence-corrected chi connectivity index (χ4v) is 2.37. The summed E-state index contributed by atoms with van der Waals surface area (Å²) < 4.78 is 0. The van der Waals surface area contributed by atoms with Gasteiger partial charge in [0.05, 0.1) is 11.2 Å². The third-order valence-electron chi connectivity index (χ3n) is 3.37. The van der Waals surface area contributed by atoms with Crippen LogP contribution in [0.1, 0.15) is 16.8 Å². The quantitative estimate of drug-likeness (QED) is 0.751. The van der Waals surface area contributed by atoms with E-state index in [1.165, 1.54) is 11.1 Å². The molecule has 100 valence electrons. The molecule has 0 atom stereocenters. The number of hydrogen-bond donors (Lipinski definition) is 1. The number of pyridine rings is 1. The van der Waals surface area contributed by atoms with E-state index in [1.807, 2.05) is 30.3 Å². The number of halogens is 1. The minimum Gasteiger partial charge on any atom is -0.506 e. The second-order valence-corrected chi connectivity index (χ2v) is 5.36. The Labute approximate surface area is 122 Å². The molecule has 1 heterocycles. The Bertz CT molecular complexity index is 766. The lowest BCUT2D eigenvalue weighted by Crippen LogP contribution is -1.90. The monoisotopic (exact) mass is 283 g/mol. The van der Waals surface area contributed by atoms with Gasteiger partial charge < -0.3 is 5.11 Å². The van der Waals surface area contributed by atoms with Crippen molar-refractivity contribution >= 4 is 22.5 Å². The number of benzene rings is 2. The summed E-state index contributed by atoms with van der Waals surface area (Å²) in [5.41, 5.74) is 3.97. The highest BCUT2D eigenvalue weighted by atomic mass is 35.5. The standard InChI is InChI=1S/C17H14ClNO/c1-11-17(20)10-14-5-2-13(9-16(14)19-11)8-12-3-6-15(18)7-4-12/h2-7,9-10,20H,8H2,1H3. The van der Waals surface area contributed by atoms with Crippen LogP contribution in [0.5, 0.6) is 5.75 Å². The van der Waals surface area contributed by atoms with Crippen molar-refractivity contribution in [3.63, 3.8) is 0 Å². The Kier molecular flexibility index (Phi) is 3.33. The zero-order chi connectivity index (χ0) is 14.1. The molecule has 3 aromatic rings. The minimum absolute atomic E-state index is 0.239. The summed E-state index contributed by atoms with van der Waals surface area (Å²) in [6.45, 7) is 1.81. The number of fused-ring (bicyclic) bond motifs is 1. The first-order chi connectivity index (χ1) is 9.61. The maximum Gasteiger partial charge on any atom is 0.137 e. The van der Waals surface area contributed by atoms with E-state index in [0.717, 1.165) is 22.3 Å². The van der Waals surface area contributed by atoms with E-state index in [-0.39, 0.29) is 5.75 Å². The molecule has 0 aliphatic rings. The zero-order valence-corrected chi connectivity index (χ0v) is 11.9. The maximum atomic E-state index is 9.67. The Balaban J connectivity index is 1.96. The molecule has 2 nitrogen and oxygen atoms in total. The molecule has 0 fully saturated rings. The summed E-state index contributed by atoms with van der Waals surface area (Å²) in [6.07, 6.45) is 0.842. The van der Waals surface area contributed by atoms with Crippen molar-refractivity contribution in [3.05, 3.63) is 70.4 Å². The summed E-state index contributed by atoms with van der Waals surface area (Å²) in [6, 6.07) is 15.7. The first-order valence-corrected chi connectivity index (χ1v) is 6.83. The van der Waals surface area contributed by atoms with E-state index in [0.29, 0.717) is 5.69 Å². The second-order valence-electron chi connectivity index (χ2n) is 4.92. The van der Waals surface area contributed by atoms with Crippen LogP contribution in [0.3, 0.4) is 0 Å². The van der Waals surface area contributed by atoms with Gasteiger partial charge in [0.1, 0.15) is 5.75 Å². The molecule has 0 unspecified atom stereocenters. The summed E-state index contributed by atoms with van der Waals surface area (Å²) in [5.74, 6) is 0.239. The number of aryl methyl sites for hydroxylation is 1. The normalized spacial score (nSPS) is 10.9. The summed E-state index contributed by atoms with van der Waals surface area (Å²) in [7, 11) is 0. The molecule has 3 rings (SSSR count). The maximum absolute atomic E-state index is 9.67. The lowest BCUT2D eigenvalue weighted by molar-refractivity contribution is 0.469. The Morgan fingerprint density at radius 2 is 1.70 bits per heavy atom. The predicted molar refractivity (Wildman–Crippen MR) is 82.4 cm³/mol. The fourth-order valence-electron chi connectivity index (χ4n) is 2.25. The largest absolute Gasteiger partial charge is 0.506 e. The average molecular weight is 284 g/mol. The van der Waals surface area contributed by atoms with Crippen LogP contribution >= 0.6 is 11.6 Å². The Morgan fingerprint density at radius 3 is 2.45 bits per heavy atom. The molecule has 0 spiro atoms. The topological polar surface area (TPSA) is 33.1 Å². The number of hydrogen-bond acceptors (Lipinski definition) is 2. The van der Waals surface area contributed by atoms with Gasteiger partial charge in [-0.15, -0.1) is 0 Å². The lowest BCUT2D eigenvalue weighted by Gasteiger charge is -2.06. The number of aromatic hydroxyl groups is 1. The van der Waals surface area contributed by atoms with E-state index in [1.54, 1.807) is 13.0 Å². The summed E-state index contributed by atoms with van der Waals surface area (Å²) in [4.78, 5) is 4.42. The summed E-state index contributed by atoms with van der Waals surface area (Å²) >= 11 is 5.89. The highest BCUT2D eigenvalue weighted by Crippen LogP contribution is 2.23. The van der Waals surface area contributed by atoms with Crippen molar-refractivity contribution in [2.24, 2.45) is 0 Å². The van der Waals surface area contributed by atoms with E-state index in [2.05, 4.69) is 17.1 Å². The van der Waals surface area contributed by atoms with Crippen LogP contribution in [-0.2, 0) is 6.42 Å². The van der Waals surface area contributed by atoms with Gasteiger partial charge in [0.15, 0.2) is 0 Å². The highest BCUT2D eigenvalue weighted by Gasteiger charge is 2.03. The van der Waals surface area contributed by atoms with E-state index in [9.17, 15) is 5.11 Å². The zero-order valence-electron chi connectivity index (χ0n) is 11.1. The van der Waals surface area contributed by atoms with Crippen LogP contribution in [0.15, 0.2) is 48.5 Å². The van der Waals surface area contributed by atoms with Crippen molar-refractivity contribution in [2.45, 2.75) is 13.3 Å². The molecule has 0 saturated heterocycles. The summed E-state index contributed by atoms with van der Waals surface area (Å²) in [5, 5.41) is 11.4. The van der Waals surface area contributed by atoms with Gasteiger partial charge in [0, 0.05) is 10.4 Å². The molecular weight excluding hydrogens is 270 g/mol. The first kappa shape index (κ1) is 12.9. The van der Waals surface area contributed by atoms with E-state index in [4.69, 9.17) is 11.6 Å². The van der Waals surface area contributed by atoms with Crippen molar-refractivity contribution < 1.29 is 5.11 Å². The molecule has 2 aromatic carbocycles. The highest BCUT2D eigenvalue weighted by molar-refractivity contribution is 6.30. The Hall–Kier alpha value is -2.06. The fraction of sp³-hybridized carbons (Fsp3) is 0.118. The van der Waals surface area contributed by atoms with Crippen LogP contribution in [0.2, 0.25) is 5.02 Å². The lowest BCUT2D eigenvalue weighted by atomic mass is 10.0. The SMILES string of the molecule is Cc1nc2cc(Cc3ccc(Cl)cc3)ccc2cc1O. The van der Waals surface area contributed by atoms with Crippen molar-refractivity contribution in [3.8, 4) is 5.75 Å². The molecule has 1 aromatic heterocycles. The number of nitrogens with zero attached hydrogens (tertiary/aromatic N) is 1. The van der Waals surface area contributed by atoms with Gasteiger partial charge >= 0.3 is 0 Å². The number of rotatable bonds is 2. The Morgan fingerprint density at radius 1 is 1.00 bits per heavy atom. The molecule has 20 heavy (non-hydrogen) atoms. The second kappa shape index (κ2) is 5.14. The molecule has 0 bridgehead atoms. The number of aromatic nitrogens is 1. The van der Waals surface area contributed by atoms with Gasteiger partial charge in [-0.2, -0.15) is 0 Å². The van der Waals surface area contributed by atoms with E-state index >= 15 is 0 Å². The molecule has 0 saturated carbocycles. The van der Waals surface area contributed by atoms with Gasteiger partial charge in [0.2, 0.25) is 0 Å².